The molecule has 20 heavy (non-hydrogen) atoms. The van der Waals surface area contributed by atoms with Crippen LogP contribution in [0, 0.1) is 5.92 Å². The first-order chi connectivity index (χ1) is 9.24. The van der Waals surface area contributed by atoms with Gasteiger partial charge < -0.3 is 10.0 Å². The number of anilines is 1. The molecule has 2 heterocycles. The Morgan fingerprint density at radius 1 is 1.55 bits per heavy atom. The molecular weight excluding hydrogens is 293 g/mol. The number of carbonyl (C=O) groups excluding carboxylic acids is 1. The molecule has 0 spiro atoms. The summed E-state index contributed by atoms with van der Waals surface area (Å²) in [7, 11) is -4.62. The molecule has 1 saturated heterocycles. The van der Waals surface area contributed by atoms with Crippen LogP contribution in [0.5, 0.6) is 0 Å². The molecule has 1 unspecified atom stereocenters. The largest absolute Gasteiger partial charge is 0.480 e. The molecule has 0 radical (unpaired) electrons. The lowest BCUT2D eigenvalue weighted by molar-refractivity contribution is -0.137. The van der Waals surface area contributed by atoms with E-state index in [9.17, 15) is 21.9 Å². The van der Waals surface area contributed by atoms with Crippen molar-refractivity contribution >= 4 is 27.8 Å². The molecule has 0 bridgehead atoms. The van der Waals surface area contributed by atoms with Crippen molar-refractivity contribution in [2.75, 3.05) is 17.2 Å². The van der Waals surface area contributed by atoms with Crippen LogP contribution in [-0.4, -0.2) is 47.5 Å². The van der Waals surface area contributed by atoms with Crippen LogP contribution < -0.4 is 4.90 Å². The van der Waals surface area contributed by atoms with Crippen LogP contribution in [0.2, 0.25) is 0 Å². The van der Waals surface area contributed by atoms with Gasteiger partial charge in [-0.15, -0.1) is 3.89 Å². The Morgan fingerprint density at radius 2 is 2.25 bits per heavy atom. The molecule has 1 aromatic heterocycles. The highest BCUT2D eigenvalue weighted by atomic mass is 32.3. The van der Waals surface area contributed by atoms with Gasteiger partial charge in [-0.05, 0) is 0 Å². The summed E-state index contributed by atoms with van der Waals surface area (Å²) in [6.07, 6.45) is 2.62. The van der Waals surface area contributed by atoms with Crippen molar-refractivity contribution in [3.05, 3.63) is 12.4 Å². The average Bonchev–Trinajstić information content (AvgIpc) is 2.82. The van der Waals surface area contributed by atoms with E-state index in [-0.39, 0.29) is 25.4 Å². The smallest absolute Gasteiger partial charge is 0.325 e. The number of hydrogen-bond donors (Lipinski definition) is 1. The fourth-order valence-corrected chi connectivity index (χ4v) is 2.93. The summed E-state index contributed by atoms with van der Waals surface area (Å²) in [4.78, 5) is 23.6. The monoisotopic (exact) mass is 305 g/mol. The third-order valence-electron chi connectivity index (χ3n) is 2.87. The van der Waals surface area contributed by atoms with E-state index in [4.69, 9.17) is 5.11 Å². The summed E-state index contributed by atoms with van der Waals surface area (Å²) < 4.78 is 34.9. The number of carboxylic acid groups (broad SMARTS) is 1. The van der Waals surface area contributed by atoms with E-state index < -0.39 is 27.9 Å². The van der Waals surface area contributed by atoms with Crippen molar-refractivity contribution in [3.8, 4) is 0 Å². The topological polar surface area (TPSA) is 110 Å². The van der Waals surface area contributed by atoms with Crippen molar-refractivity contribution < 1.29 is 27.0 Å². The zero-order chi connectivity index (χ0) is 14.9. The molecule has 1 atom stereocenters. The number of aromatic nitrogens is 2. The van der Waals surface area contributed by atoms with Crippen molar-refractivity contribution in [3.63, 3.8) is 0 Å². The van der Waals surface area contributed by atoms with Crippen LogP contribution in [0.25, 0.3) is 0 Å². The van der Waals surface area contributed by atoms with E-state index in [1.807, 2.05) is 0 Å². The maximum absolute atomic E-state index is 12.6. The number of amides is 1. The standard InChI is InChI=1S/C10H12FN3O5S/c11-20(18,19)6-7-1-9(15)14(3-7)8-2-12-13(4-8)5-10(16)17/h2,4,7H,1,3,5-6H2,(H,16,17). The second-order valence-corrected chi connectivity index (χ2v) is 5.98. The van der Waals surface area contributed by atoms with Gasteiger partial charge in [0.25, 0.3) is 0 Å². The lowest BCUT2D eigenvalue weighted by atomic mass is 10.1. The lowest BCUT2D eigenvalue weighted by Crippen LogP contribution is -2.25. The van der Waals surface area contributed by atoms with E-state index in [2.05, 4.69) is 5.10 Å². The third-order valence-corrected chi connectivity index (χ3v) is 3.74. The van der Waals surface area contributed by atoms with E-state index in [0.29, 0.717) is 5.69 Å². The van der Waals surface area contributed by atoms with Crippen LogP contribution in [0.1, 0.15) is 6.42 Å². The Labute approximate surface area is 114 Å². The normalized spacial score (nSPS) is 19.6. The zero-order valence-electron chi connectivity index (χ0n) is 10.3. The molecule has 1 aliphatic heterocycles. The van der Waals surface area contributed by atoms with Gasteiger partial charge in [0, 0.05) is 25.1 Å². The van der Waals surface area contributed by atoms with E-state index in [0.717, 1.165) is 4.68 Å². The van der Waals surface area contributed by atoms with Gasteiger partial charge >= 0.3 is 16.2 Å². The Balaban J connectivity index is 2.08. The Morgan fingerprint density at radius 3 is 2.85 bits per heavy atom. The van der Waals surface area contributed by atoms with Crippen LogP contribution in [0.4, 0.5) is 9.57 Å². The number of aliphatic carboxylic acids is 1. The van der Waals surface area contributed by atoms with Crippen LogP contribution in [0.15, 0.2) is 12.4 Å². The minimum atomic E-state index is -4.62. The number of nitrogens with zero attached hydrogens (tertiary/aromatic N) is 3. The van der Waals surface area contributed by atoms with Crippen LogP contribution >= 0.6 is 0 Å². The van der Waals surface area contributed by atoms with Crippen molar-refractivity contribution in [1.82, 2.24) is 9.78 Å². The number of rotatable bonds is 5. The predicted molar refractivity (Wildman–Crippen MR) is 65.2 cm³/mol. The Hall–Kier alpha value is -1.97. The first-order valence-corrected chi connectivity index (χ1v) is 7.27. The maximum atomic E-state index is 12.6. The summed E-state index contributed by atoms with van der Waals surface area (Å²) >= 11 is 0. The van der Waals surface area contributed by atoms with Gasteiger partial charge in [0.05, 0.1) is 17.6 Å². The van der Waals surface area contributed by atoms with Gasteiger partial charge in [0.2, 0.25) is 5.91 Å². The lowest BCUT2D eigenvalue weighted by Gasteiger charge is -2.13. The second-order valence-electron chi connectivity index (χ2n) is 4.57. The molecule has 1 fully saturated rings. The Kier molecular flexibility index (Phi) is 3.75. The molecule has 1 amide bonds. The van der Waals surface area contributed by atoms with Crippen molar-refractivity contribution in [1.29, 1.82) is 0 Å². The minimum absolute atomic E-state index is 0.0622. The highest BCUT2D eigenvalue weighted by Crippen LogP contribution is 2.25. The fraction of sp³-hybridized carbons (Fsp3) is 0.500. The molecule has 1 N–H and O–H groups in total. The first kappa shape index (κ1) is 14.4. The first-order valence-electron chi connectivity index (χ1n) is 5.71. The minimum Gasteiger partial charge on any atom is -0.480 e. The molecular formula is C10H12FN3O5S. The van der Waals surface area contributed by atoms with Crippen LogP contribution in [0.3, 0.4) is 0 Å². The molecule has 0 aromatic carbocycles. The van der Waals surface area contributed by atoms with E-state index >= 15 is 0 Å². The molecule has 2 rings (SSSR count). The van der Waals surface area contributed by atoms with Crippen molar-refractivity contribution in [2.24, 2.45) is 5.92 Å². The second kappa shape index (κ2) is 5.19. The quantitative estimate of drug-likeness (QED) is 0.743. The Bertz CT molecular complexity index is 641. The molecule has 8 nitrogen and oxygen atoms in total. The number of carboxylic acids is 1. The van der Waals surface area contributed by atoms with Crippen molar-refractivity contribution in [2.45, 2.75) is 13.0 Å². The average molecular weight is 305 g/mol. The molecule has 110 valence electrons. The summed E-state index contributed by atoms with van der Waals surface area (Å²) in [6.45, 7) is -0.273. The summed E-state index contributed by atoms with van der Waals surface area (Å²) in [5.41, 5.74) is 0.370. The molecule has 1 aromatic rings. The van der Waals surface area contributed by atoms with Gasteiger partial charge in [-0.2, -0.15) is 13.5 Å². The number of halogens is 1. The molecule has 0 aliphatic carbocycles. The fourth-order valence-electron chi connectivity index (χ4n) is 2.14. The van der Waals surface area contributed by atoms with Gasteiger partial charge in [0.15, 0.2) is 0 Å². The number of carbonyl (C=O) groups is 2. The third kappa shape index (κ3) is 3.53. The highest BCUT2D eigenvalue weighted by Gasteiger charge is 2.34. The van der Waals surface area contributed by atoms with Gasteiger partial charge in [-0.3, -0.25) is 14.3 Å². The van der Waals surface area contributed by atoms with Gasteiger partial charge in [-0.25, -0.2) is 0 Å². The van der Waals surface area contributed by atoms with Gasteiger partial charge in [0.1, 0.15) is 6.54 Å². The van der Waals surface area contributed by atoms with E-state index in [1.165, 1.54) is 17.3 Å². The highest BCUT2D eigenvalue weighted by molar-refractivity contribution is 7.86. The molecule has 1 aliphatic rings. The summed E-state index contributed by atoms with van der Waals surface area (Å²) in [5, 5.41) is 12.4. The molecule has 10 heteroatoms. The summed E-state index contributed by atoms with van der Waals surface area (Å²) in [5.74, 6) is -2.72. The van der Waals surface area contributed by atoms with Gasteiger partial charge in [-0.1, -0.05) is 0 Å². The predicted octanol–water partition coefficient (Wildman–Crippen LogP) is -0.380. The zero-order valence-corrected chi connectivity index (χ0v) is 11.1. The number of hydrogen-bond acceptors (Lipinski definition) is 5. The van der Waals surface area contributed by atoms with Crippen LogP contribution in [-0.2, 0) is 26.4 Å². The maximum Gasteiger partial charge on any atom is 0.325 e. The van der Waals surface area contributed by atoms with E-state index in [1.54, 1.807) is 0 Å². The summed E-state index contributed by atoms with van der Waals surface area (Å²) in [6, 6.07) is 0. The SMILES string of the molecule is O=C(O)Cn1cc(N2CC(CS(=O)(=O)F)CC2=O)cn1. The molecule has 0 saturated carbocycles.